The van der Waals surface area contributed by atoms with Crippen LogP contribution in [-0.2, 0) is 0 Å². The number of rotatable bonds is 3. The van der Waals surface area contributed by atoms with Crippen LogP contribution in [0.15, 0.2) is 42.5 Å². The van der Waals surface area contributed by atoms with Crippen LogP contribution in [0.25, 0.3) is 0 Å². The highest BCUT2D eigenvalue weighted by molar-refractivity contribution is 5.68. The summed E-state index contributed by atoms with van der Waals surface area (Å²) in [5.41, 5.74) is 3.79. The largest absolute Gasteiger partial charge is 0.346 e. The maximum absolute atomic E-state index is 8.93. The Morgan fingerprint density at radius 2 is 1.75 bits per heavy atom. The third kappa shape index (κ3) is 2.55. The monoisotopic (exact) mass is 267 g/mol. The number of hydrogen-bond donors (Lipinski definition) is 1. The Bertz CT molecular complexity index is 562. The van der Waals surface area contributed by atoms with Crippen molar-refractivity contribution in [1.29, 1.82) is 5.26 Å². The second-order valence-corrected chi connectivity index (χ2v) is 5.58. The van der Waals surface area contributed by atoms with Crippen LogP contribution in [-0.4, -0.2) is 0 Å². The molecule has 1 heterocycles. The molecule has 0 bridgehead atoms. The molecule has 0 aromatic heterocycles. The summed E-state index contributed by atoms with van der Waals surface area (Å²) in [6.07, 6.45) is 5.39. The van der Waals surface area contributed by atoms with Gasteiger partial charge in [-0.1, -0.05) is 45.9 Å². The first-order valence-corrected chi connectivity index (χ1v) is 7.01. The second kappa shape index (κ2) is 5.83. The van der Waals surface area contributed by atoms with Gasteiger partial charge in [-0.25, -0.2) is 0 Å². The van der Waals surface area contributed by atoms with Crippen molar-refractivity contribution in [3.05, 3.63) is 53.6 Å². The Labute approximate surface area is 121 Å². The predicted molar refractivity (Wildman–Crippen MR) is 83.1 cm³/mol. The number of nitriles is 1. The van der Waals surface area contributed by atoms with Crippen LogP contribution >= 0.6 is 0 Å². The Balaban J connectivity index is 2.62. The number of allylic oxidation sites excluding steroid dienone is 1. The average molecular weight is 267 g/mol. The van der Waals surface area contributed by atoms with Crippen LogP contribution in [0.4, 0.5) is 5.69 Å². The van der Waals surface area contributed by atoms with Gasteiger partial charge in [0, 0.05) is 12.4 Å². The van der Waals surface area contributed by atoms with E-state index in [0.717, 1.165) is 5.82 Å². The van der Waals surface area contributed by atoms with E-state index in [1.807, 2.05) is 12.4 Å². The molecule has 20 heavy (non-hydrogen) atoms. The smallest absolute Gasteiger partial charge is 0.125 e. The minimum Gasteiger partial charge on any atom is -0.346 e. The van der Waals surface area contributed by atoms with Gasteiger partial charge < -0.3 is 10.2 Å². The van der Waals surface area contributed by atoms with Crippen molar-refractivity contribution in [1.82, 2.24) is 5.32 Å². The highest BCUT2D eigenvalue weighted by Crippen LogP contribution is 2.37. The molecule has 0 spiro atoms. The van der Waals surface area contributed by atoms with Crippen molar-refractivity contribution < 1.29 is 0 Å². The first-order chi connectivity index (χ1) is 9.56. The Kier molecular flexibility index (Phi) is 4.14. The molecule has 1 aromatic carbocycles. The number of anilines is 1. The van der Waals surface area contributed by atoms with Crippen LogP contribution in [0.1, 0.15) is 50.7 Å². The lowest BCUT2D eigenvalue weighted by Crippen LogP contribution is -2.20. The van der Waals surface area contributed by atoms with Crippen LogP contribution in [0.5, 0.6) is 0 Å². The van der Waals surface area contributed by atoms with E-state index in [1.165, 1.54) is 16.8 Å². The summed E-state index contributed by atoms with van der Waals surface area (Å²) in [6.45, 7) is 8.79. The van der Waals surface area contributed by atoms with Crippen molar-refractivity contribution in [2.75, 3.05) is 4.90 Å². The predicted octanol–water partition coefficient (Wildman–Crippen LogP) is 4.18. The van der Waals surface area contributed by atoms with Crippen LogP contribution in [0.2, 0.25) is 0 Å². The van der Waals surface area contributed by atoms with Gasteiger partial charge in [0.15, 0.2) is 0 Å². The van der Waals surface area contributed by atoms with Gasteiger partial charge in [0.1, 0.15) is 5.82 Å². The molecule has 0 unspecified atom stereocenters. The molecule has 0 fully saturated rings. The molecule has 3 nitrogen and oxygen atoms in total. The zero-order valence-corrected chi connectivity index (χ0v) is 12.5. The van der Waals surface area contributed by atoms with Crippen LogP contribution in [0.3, 0.4) is 0 Å². The third-order valence-corrected chi connectivity index (χ3v) is 3.50. The molecule has 0 saturated heterocycles. The first kappa shape index (κ1) is 14.2. The molecular formula is C17H21N3. The zero-order chi connectivity index (χ0) is 14.7. The van der Waals surface area contributed by atoms with Crippen molar-refractivity contribution in [3.8, 4) is 6.07 Å². The molecule has 0 amide bonds. The summed E-state index contributed by atoms with van der Waals surface area (Å²) in [4.78, 5) is 2.08. The summed E-state index contributed by atoms with van der Waals surface area (Å²) >= 11 is 0. The van der Waals surface area contributed by atoms with Gasteiger partial charge in [0.05, 0.1) is 17.8 Å². The lowest BCUT2D eigenvalue weighted by Gasteiger charge is -2.27. The van der Waals surface area contributed by atoms with Crippen molar-refractivity contribution in [3.63, 3.8) is 0 Å². The molecule has 3 heteroatoms. The fourth-order valence-corrected chi connectivity index (χ4v) is 2.50. The van der Waals surface area contributed by atoms with Gasteiger partial charge in [0.2, 0.25) is 0 Å². The van der Waals surface area contributed by atoms with Gasteiger partial charge in [-0.3, -0.25) is 0 Å². The Morgan fingerprint density at radius 1 is 1.15 bits per heavy atom. The molecule has 1 aliphatic rings. The number of para-hydroxylation sites is 1. The number of nitrogens with zero attached hydrogens (tertiary/aromatic N) is 2. The first-order valence-electron chi connectivity index (χ1n) is 7.01. The third-order valence-electron chi connectivity index (χ3n) is 3.50. The van der Waals surface area contributed by atoms with E-state index >= 15 is 0 Å². The van der Waals surface area contributed by atoms with E-state index in [-0.39, 0.29) is 0 Å². The molecule has 1 N–H and O–H groups in total. The van der Waals surface area contributed by atoms with E-state index in [9.17, 15) is 0 Å². The molecule has 2 rings (SSSR count). The number of hydrogen-bond acceptors (Lipinski definition) is 3. The molecule has 0 radical (unpaired) electrons. The zero-order valence-electron chi connectivity index (χ0n) is 12.5. The topological polar surface area (TPSA) is 39.1 Å². The fourth-order valence-electron chi connectivity index (χ4n) is 2.50. The molecule has 0 saturated carbocycles. The van der Waals surface area contributed by atoms with Gasteiger partial charge in [-0.15, -0.1) is 0 Å². The van der Waals surface area contributed by atoms with E-state index < -0.39 is 0 Å². The highest BCUT2D eigenvalue weighted by atomic mass is 15.3. The Hall–Kier alpha value is -2.21. The minimum absolute atomic E-state index is 0.432. The molecule has 104 valence electrons. The maximum Gasteiger partial charge on any atom is 0.125 e. The van der Waals surface area contributed by atoms with Gasteiger partial charge >= 0.3 is 0 Å². The molecule has 0 aliphatic carbocycles. The second-order valence-electron chi connectivity index (χ2n) is 5.58. The van der Waals surface area contributed by atoms with Crippen molar-refractivity contribution in [2.24, 2.45) is 0 Å². The standard InChI is InChI=1S/C17H21N3/c1-12(2)14-6-5-7-15(13(3)4)17(14)20-11-10-19-16(20)8-9-18/h5-8,10-13,19H,1-4H3. The molecule has 1 aromatic rings. The number of nitrogens with one attached hydrogen (secondary N) is 1. The van der Waals surface area contributed by atoms with Crippen LogP contribution in [0, 0.1) is 11.3 Å². The SMILES string of the molecule is CC(C)c1cccc(C(C)C)c1N1C=CNC1=CC#N. The minimum atomic E-state index is 0.432. The van der Waals surface area contributed by atoms with Crippen molar-refractivity contribution in [2.45, 2.75) is 39.5 Å². The Morgan fingerprint density at radius 3 is 2.25 bits per heavy atom. The molecular weight excluding hydrogens is 246 g/mol. The quantitative estimate of drug-likeness (QED) is 0.835. The average Bonchev–Trinajstić information content (AvgIpc) is 2.86. The fraction of sp³-hybridized carbons (Fsp3) is 0.353. The van der Waals surface area contributed by atoms with Crippen LogP contribution < -0.4 is 10.2 Å². The van der Waals surface area contributed by atoms with E-state index in [2.05, 4.69) is 62.2 Å². The van der Waals surface area contributed by atoms with E-state index in [1.54, 1.807) is 6.08 Å². The lowest BCUT2D eigenvalue weighted by molar-refractivity contribution is 0.825. The normalized spacial score (nSPS) is 16.1. The summed E-state index contributed by atoms with van der Waals surface area (Å²) in [5.74, 6) is 1.67. The summed E-state index contributed by atoms with van der Waals surface area (Å²) in [5, 5.41) is 12.0. The summed E-state index contributed by atoms with van der Waals surface area (Å²) < 4.78 is 0. The summed E-state index contributed by atoms with van der Waals surface area (Å²) in [7, 11) is 0. The molecule has 1 aliphatic heterocycles. The van der Waals surface area contributed by atoms with Gasteiger partial charge in [-0.2, -0.15) is 5.26 Å². The maximum atomic E-state index is 8.93. The summed E-state index contributed by atoms with van der Waals surface area (Å²) in [6, 6.07) is 8.56. The van der Waals surface area contributed by atoms with Gasteiger partial charge in [0.25, 0.3) is 0 Å². The van der Waals surface area contributed by atoms with E-state index in [4.69, 9.17) is 5.26 Å². The van der Waals surface area contributed by atoms with Gasteiger partial charge in [-0.05, 0) is 23.0 Å². The number of benzene rings is 1. The van der Waals surface area contributed by atoms with E-state index in [0.29, 0.717) is 11.8 Å². The molecule has 0 atom stereocenters. The van der Waals surface area contributed by atoms with Crippen molar-refractivity contribution >= 4 is 5.69 Å². The lowest BCUT2D eigenvalue weighted by atomic mass is 9.92. The highest BCUT2D eigenvalue weighted by Gasteiger charge is 2.22.